The first-order valence-electron chi connectivity index (χ1n) is 11.3. The van der Waals surface area contributed by atoms with Crippen molar-refractivity contribution < 1.29 is 14.5 Å². The number of thiazole rings is 1. The largest absolute Gasteiger partial charge is 0.463 e. The van der Waals surface area contributed by atoms with E-state index in [1.807, 2.05) is 17.5 Å². The third-order valence-corrected chi connectivity index (χ3v) is 8.42. The molecule has 13 heteroatoms. The van der Waals surface area contributed by atoms with E-state index in [4.69, 9.17) is 4.74 Å². The summed E-state index contributed by atoms with van der Waals surface area (Å²) >= 11 is 3.67. The van der Waals surface area contributed by atoms with Crippen LogP contribution in [-0.4, -0.2) is 32.0 Å². The molecule has 192 valence electrons. The molecule has 1 aliphatic heterocycles. The topological polar surface area (TPSA) is 130 Å². The van der Waals surface area contributed by atoms with Crippen molar-refractivity contribution in [3.8, 4) is 0 Å². The van der Waals surface area contributed by atoms with Gasteiger partial charge < -0.3 is 4.74 Å². The predicted octanol–water partition coefficient (Wildman–Crippen LogP) is 3.71. The Balaban J connectivity index is 1.61. The highest BCUT2D eigenvalue weighted by atomic mass is 32.2. The molecule has 0 unspecified atom stereocenters. The second-order valence-corrected chi connectivity index (χ2v) is 10.9. The molecule has 5 rings (SSSR count). The number of hydrogen-bond acceptors (Lipinski definition) is 11. The molecule has 4 heterocycles. The third kappa shape index (κ3) is 4.95. The molecule has 1 aliphatic rings. The first-order chi connectivity index (χ1) is 18.4. The Morgan fingerprint density at radius 2 is 2.05 bits per heavy atom. The molecule has 0 bridgehead atoms. The van der Waals surface area contributed by atoms with E-state index < -0.39 is 16.9 Å². The Hall–Kier alpha value is -3.94. The van der Waals surface area contributed by atoms with E-state index in [9.17, 15) is 19.7 Å². The number of nitrogens with zero attached hydrogens (tertiary/aromatic N) is 5. The average Bonchev–Trinajstić information content (AvgIpc) is 3.53. The molecule has 0 N–H and O–H groups in total. The first kappa shape index (κ1) is 25.7. The minimum absolute atomic E-state index is 0.124. The second kappa shape index (κ2) is 10.8. The number of aromatic nitrogens is 3. The van der Waals surface area contributed by atoms with E-state index in [1.54, 1.807) is 50.5 Å². The van der Waals surface area contributed by atoms with Gasteiger partial charge in [-0.2, -0.15) is 0 Å². The van der Waals surface area contributed by atoms with Gasteiger partial charge in [0.25, 0.3) is 11.2 Å². The maximum Gasteiger partial charge on any atom is 0.338 e. The monoisotopic (exact) mass is 565 g/mol. The van der Waals surface area contributed by atoms with E-state index in [-0.39, 0.29) is 17.9 Å². The Morgan fingerprint density at radius 1 is 1.26 bits per heavy atom. The summed E-state index contributed by atoms with van der Waals surface area (Å²) in [5.74, 6) is -0.521. The summed E-state index contributed by atoms with van der Waals surface area (Å²) in [4.78, 5) is 52.2. The maximum absolute atomic E-state index is 13.6. The van der Waals surface area contributed by atoms with E-state index >= 15 is 0 Å². The Morgan fingerprint density at radius 3 is 2.74 bits per heavy atom. The molecule has 10 nitrogen and oxygen atoms in total. The van der Waals surface area contributed by atoms with Crippen molar-refractivity contribution in [3.63, 3.8) is 0 Å². The quantitative estimate of drug-likeness (QED) is 0.144. The number of nitro groups is 1. The Labute approximate surface area is 227 Å². The molecule has 0 fully saturated rings. The van der Waals surface area contributed by atoms with Gasteiger partial charge in [0.05, 0.1) is 32.2 Å². The molecule has 1 atom stereocenters. The summed E-state index contributed by atoms with van der Waals surface area (Å²) in [5.41, 5.74) is 0.804. The lowest BCUT2D eigenvalue weighted by molar-refractivity contribution is -0.387. The van der Waals surface area contributed by atoms with Crippen molar-refractivity contribution in [3.05, 3.63) is 106 Å². The lowest BCUT2D eigenvalue weighted by atomic mass is 10.0. The summed E-state index contributed by atoms with van der Waals surface area (Å²) in [7, 11) is 0. The normalized spacial score (nSPS) is 15.2. The number of fused-ring (bicyclic) bond motifs is 1. The number of ether oxygens (including phenoxy) is 1. The van der Waals surface area contributed by atoms with Crippen LogP contribution in [0.1, 0.15) is 30.3 Å². The van der Waals surface area contributed by atoms with E-state index in [0.717, 1.165) is 28.0 Å². The van der Waals surface area contributed by atoms with E-state index in [2.05, 4.69) is 15.0 Å². The van der Waals surface area contributed by atoms with Gasteiger partial charge in [-0.25, -0.2) is 19.8 Å². The number of hydrogen-bond donors (Lipinski definition) is 0. The molecule has 0 aliphatic carbocycles. The summed E-state index contributed by atoms with van der Waals surface area (Å²) in [6, 6.07) is 9.43. The number of rotatable bonds is 7. The Bertz CT molecular complexity index is 1740. The SMILES string of the molecule is CCOC(=O)C1=C(C)N=c2s/c(=C/c3ccc(Sc4ncccn4)c([N+](=O)[O-])c3)c(=O)n2[C@H]1c1cccs1. The van der Waals surface area contributed by atoms with Crippen LogP contribution in [0.4, 0.5) is 5.69 Å². The molecule has 0 radical (unpaired) electrons. The molecule has 4 aromatic rings. The van der Waals surface area contributed by atoms with Crippen LogP contribution >= 0.6 is 34.4 Å². The van der Waals surface area contributed by atoms with Gasteiger partial charge >= 0.3 is 5.97 Å². The van der Waals surface area contributed by atoms with Crippen LogP contribution in [0, 0.1) is 10.1 Å². The zero-order chi connectivity index (χ0) is 26.8. The number of nitro benzene ring substituents is 1. The summed E-state index contributed by atoms with van der Waals surface area (Å²) in [6.07, 6.45) is 4.72. The summed E-state index contributed by atoms with van der Waals surface area (Å²) < 4.78 is 7.11. The van der Waals surface area contributed by atoms with Crippen molar-refractivity contribution in [2.24, 2.45) is 4.99 Å². The number of thiophene rings is 1. The van der Waals surface area contributed by atoms with Crippen LogP contribution in [0.15, 0.2) is 85.3 Å². The number of carbonyl (C=O) groups is 1. The van der Waals surface area contributed by atoms with Gasteiger partial charge in [-0.1, -0.05) is 23.5 Å². The van der Waals surface area contributed by atoms with Gasteiger partial charge in [-0.05, 0) is 60.8 Å². The molecule has 0 saturated heterocycles. The molecule has 0 amide bonds. The van der Waals surface area contributed by atoms with E-state index in [0.29, 0.717) is 36.2 Å². The van der Waals surface area contributed by atoms with Gasteiger partial charge in [0, 0.05) is 23.3 Å². The molecule has 38 heavy (non-hydrogen) atoms. The van der Waals surface area contributed by atoms with Crippen LogP contribution in [-0.2, 0) is 9.53 Å². The standard InChI is InChI=1S/C25H19N5O5S3/c1-3-35-23(32)20-14(2)28-25-29(21(20)18-6-4-11-36-18)22(31)19(38-25)13-15-7-8-17(16(12-15)30(33)34)37-24-26-9-5-10-27-24/h4-13,21H,3H2,1-2H3/b19-13+/t21-/m0/s1. The zero-order valence-corrected chi connectivity index (χ0v) is 22.5. The molecular formula is C25H19N5O5S3. The molecular weight excluding hydrogens is 547 g/mol. The first-order valence-corrected chi connectivity index (χ1v) is 13.8. The minimum atomic E-state index is -0.675. The highest BCUT2D eigenvalue weighted by Gasteiger charge is 2.33. The van der Waals surface area contributed by atoms with Gasteiger partial charge in [0.2, 0.25) is 0 Å². The van der Waals surface area contributed by atoms with Crippen LogP contribution in [0.5, 0.6) is 0 Å². The summed E-state index contributed by atoms with van der Waals surface area (Å²) in [6.45, 7) is 3.64. The number of allylic oxidation sites excluding steroid dienone is 1. The van der Waals surface area contributed by atoms with Crippen molar-refractivity contribution in [2.75, 3.05) is 6.61 Å². The zero-order valence-electron chi connectivity index (χ0n) is 20.1. The lowest BCUT2D eigenvalue weighted by Gasteiger charge is -2.23. The fraction of sp³-hybridized carbons (Fsp3) is 0.160. The fourth-order valence-corrected chi connectivity index (χ4v) is 6.62. The summed E-state index contributed by atoms with van der Waals surface area (Å²) in [5, 5.41) is 14.1. The molecule has 1 aromatic carbocycles. The highest BCUT2D eigenvalue weighted by molar-refractivity contribution is 7.99. The van der Waals surface area contributed by atoms with Crippen molar-refractivity contribution in [1.82, 2.24) is 14.5 Å². The minimum Gasteiger partial charge on any atom is -0.463 e. The van der Waals surface area contributed by atoms with E-state index in [1.165, 1.54) is 22.0 Å². The molecule has 0 spiro atoms. The molecule has 3 aromatic heterocycles. The van der Waals surface area contributed by atoms with Gasteiger partial charge in [-0.3, -0.25) is 19.5 Å². The van der Waals surface area contributed by atoms with Crippen molar-refractivity contribution >= 4 is 52.2 Å². The maximum atomic E-state index is 13.6. The van der Waals surface area contributed by atoms with Crippen LogP contribution in [0.3, 0.4) is 0 Å². The third-order valence-electron chi connectivity index (χ3n) is 5.55. The second-order valence-electron chi connectivity index (χ2n) is 7.94. The smallest absolute Gasteiger partial charge is 0.338 e. The lowest BCUT2D eigenvalue weighted by Crippen LogP contribution is -2.39. The van der Waals surface area contributed by atoms with Gasteiger partial charge in [0.15, 0.2) is 9.96 Å². The fourth-order valence-electron chi connectivity index (χ4n) is 3.95. The average molecular weight is 566 g/mol. The predicted molar refractivity (Wildman–Crippen MR) is 144 cm³/mol. The van der Waals surface area contributed by atoms with Crippen LogP contribution in [0.25, 0.3) is 6.08 Å². The number of esters is 1. The highest BCUT2D eigenvalue weighted by Crippen LogP contribution is 2.34. The number of benzene rings is 1. The van der Waals surface area contributed by atoms with Gasteiger partial charge in [0.1, 0.15) is 6.04 Å². The van der Waals surface area contributed by atoms with Crippen LogP contribution in [0.2, 0.25) is 0 Å². The van der Waals surface area contributed by atoms with Gasteiger partial charge in [-0.15, -0.1) is 11.3 Å². The number of carbonyl (C=O) groups excluding carboxylic acids is 1. The van der Waals surface area contributed by atoms with Crippen LogP contribution < -0.4 is 14.9 Å². The van der Waals surface area contributed by atoms with Crippen molar-refractivity contribution in [1.29, 1.82) is 0 Å². The molecule has 0 saturated carbocycles. The Kier molecular flexibility index (Phi) is 7.31. The van der Waals surface area contributed by atoms with Crippen molar-refractivity contribution in [2.45, 2.75) is 29.9 Å².